The molecule has 0 amide bonds. The summed E-state index contributed by atoms with van der Waals surface area (Å²) < 4.78 is 6.88. The summed E-state index contributed by atoms with van der Waals surface area (Å²) >= 11 is 0. The van der Waals surface area contributed by atoms with Crippen molar-refractivity contribution < 1.29 is 9.53 Å². The Balaban J connectivity index is 1.93. The zero-order chi connectivity index (χ0) is 14.8. The molecule has 4 nitrogen and oxygen atoms in total. The zero-order valence-corrected chi connectivity index (χ0v) is 12.0. The predicted octanol–water partition coefficient (Wildman–Crippen LogP) is 3.49. The van der Waals surface area contributed by atoms with Crippen molar-refractivity contribution in [2.24, 2.45) is 0 Å². The summed E-state index contributed by atoms with van der Waals surface area (Å²) in [4.78, 5) is 12.6. The van der Waals surface area contributed by atoms with E-state index >= 15 is 0 Å². The van der Waals surface area contributed by atoms with Crippen LogP contribution in [0.4, 0.5) is 0 Å². The molecule has 1 atom stereocenters. The first-order valence-corrected chi connectivity index (χ1v) is 6.81. The van der Waals surface area contributed by atoms with Gasteiger partial charge in [-0.2, -0.15) is 5.10 Å². The lowest BCUT2D eigenvalue weighted by Crippen LogP contribution is -2.17. The summed E-state index contributed by atoms with van der Waals surface area (Å²) in [6.07, 6.45) is 1.78. The minimum Gasteiger partial charge on any atom is -0.497 e. The number of carbonyl (C=O) groups is 1. The smallest absolute Gasteiger partial charge is 0.187 e. The van der Waals surface area contributed by atoms with Crippen LogP contribution in [-0.2, 0) is 0 Å². The molecule has 0 bridgehead atoms. The summed E-state index contributed by atoms with van der Waals surface area (Å²) in [5, 5.41) is 5.38. The lowest BCUT2D eigenvalue weighted by molar-refractivity contribution is 0.0930. The molecule has 1 aromatic heterocycles. The molecule has 3 rings (SSSR count). The van der Waals surface area contributed by atoms with Crippen molar-refractivity contribution in [1.82, 2.24) is 9.78 Å². The van der Waals surface area contributed by atoms with Crippen LogP contribution in [0.1, 0.15) is 23.3 Å². The van der Waals surface area contributed by atoms with Crippen molar-refractivity contribution in [1.29, 1.82) is 0 Å². The maximum Gasteiger partial charge on any atom is 0.187 e. The van der Waals surface area contributed by atoms with Crippen molar-refractivity contribution in [3.63, 3.8) is 0 Å². The Bertz CT molecular complexity index is 775. The first-order valence-electron chi connectivity index (χ1n) is 6.81. The fourth-order valence-electron chi connectivity index (χ4n) is 2.41. The molecule has 0 saturated carbocycles. The van der Waals surface area contributed by atoms with Crippen molar-refractivity contribution in [3.8, 4) is 5.75 Å². The SMILES string of the molecule is COc1ccc(C(=O)C(C)n2ncc3ccccc32)cc1. The first-order chi connectivity index (χ1) is 10.2. The van der Waals surface area contributed by atoms with Crippen LogP contribution in [0, 0.1) is 0 Å². The highest BCUT2D eigenvalue weighted by Gasteiger charge is 2.19. The number of hydrogen-bond acceptors (Lipinski definition) is 3. The molecule has 0 aliphatic carbocycles. The van der Waals surface area contributed by atoms with Gasteiger partial charge in [0.15, 0.2) is 5.78 Å². The molecule has 1 unspecified atom stereocenters. The molecular formula is C17H16N2O2. The van der Waals surface area contributed by atoms with Gasteiger partial charge in [0.05, 0.1) is 18.8 Å². The highest BCUT2D eigenvalue weighted by Crippen LogP contribution is 2.21. The van der Waals surface area contributed by atoms with E-state index in [0.717, 1.165) is 16.7 Å². The van der Waals surface area contributed by atoms with Crippen LogP contribution in [0.3, 0.4) is 0 Å². The van der Waals surface area contributed by atoms with E-state index < -0.39 is 0 Å². The van der Waals surface area contributed by atoms with Gasteiger partial charge >= 0.3 is 0 Å². The quantitative estimate of drug-likeness (QED) is 0.687. The van der Waals surface area contributed by atoms with E-state index in [1.54, 1.807) is 42.3 Å². The summed E-state index contributed by atoms with van der Waals surface area (Å²) in [6, 6.07) is 14.7. The van der Waals surface area contributed by atoms with Gasteiger partial charge in [0, 0.05) is 10.9 Å². The Morgan fingerprint density at radius 2 is 1.86 bits per heavy atom. The van der Waals surface area contributed by atoms with Gasteiger partial charge in [-0.1, -0.05) is 18.2 Å². The molecule has 0 fully saturated rings. The van der Waals surface area contributed by atoms with Crippen LogP contribution in [0.15, 0.2) is 54.7 Å². The highest BCUT2D eigenvalue weighted by atomic mass is 16.5. The number of Topliss-reactive ketones (excluding diaryl/α,β-unsaturated/α-hetero) is 1. The number of para-hydroxylation sites is 1. The molecule has 2 aromatic carbocycles. The van der Waals surface area contributed by atoms with Crippen LogP contribution in [0.2, 0.25) is 0 Å². The fourth-order valence-corrected chi connectivity index (χ4v) is 2.41. The maximum absolute atomic E-state index is 12.6. The molecule has 21 heavy (non-hydrogen) atoms. The zero-order valence-electron chi connectivity index (χ0n) is 12.0. The summed E-state index contributed by atoms with van der Waals surface area (Å²) in [5.41, 5.74) is 1.62. The maximum atomic E-state index is 12.6. The van der Waals surface area contributed by atoms with Gasteiger partial charge in [-0.25, -0.2) is 0 Å². The summed E-state index contributed by atoms with van der Waals surface area (Å²) in [6.45, 7) is 1.87. The standard InChI is InChI=1S/C17H16N2O2/c1-12(17(20)13-7-9-15(21-2)10-8-13)19-16-6-4-3-5-14(16)11-18-19/h3-12H,1-2H3. The average molecular weight is 280 g/mol. The normalized spacial score (nSPS) is 12.3. The number of nitrogens with zero attached hydrogens (tertiary/aromatic N) is 2. The number of fused-ring (bicyclic) bond motifs is 1. The Kier molecular flexibility index (Phi) is 3.44. The van der Waals surface area contributed by atoms with E-state index in [1.807, 2.05) is 31.2 Å². The van der Waals surface area contributed by atoms with E-state index in [9.17, 15) is 4.79 Å². The predicted molar refractivity (Wildman–Crippen MR) is 81.8 cm³/mol. The number of hydrogen-bond donors (Lipinski definition) is 0. The van der Waals surface area contributed by atoms with Crippen LogP contribution >= 0.6 is 0 Å². The van der Waals surface area contributed by atoms with E-state index in [0.29, 0.717) is 5.56 Å². The van der Waals surface area contributed by atoms with Crippen molar-refractivity contribution in [3.05, 3.63) is 60.3 Å². The minimum atomic E-state index is -0.349. The van der Waals surface area contributed by atoms with E-state index in [2.05, 4.69) is 5.10 Å². The second-order valence-corrected chi connectivity index (χ2v) is 4.92. The van der Waals surface area contributed by atoms with Gasteiger partial charge in [-0.15, -0.1) is 0 Å². The van der Waals surface area contributed by atoms with Crippen LogP contribution in [-0.4, -0.2) is 22.7 Å². The minimum absolute atomic E-state index is 0.0338. The molecule has 1 heterocycles. The number of carbonyl (C=O) groups excluding carboxylic acids is 1. The number of benzene rings is 2. The first kappa shape index (κ1) is 13.4. The number of ketones is 1. The third-order valence-corrected chi connectivity index (χ3v) is 3.63. The average Bonchev–Trinajstić information content (AvgIpc) is 2.97. The lowest BCUT2D eigenvalue weighted by atomic mass is 10.1. The van der Waals surface area contributed by atoms with Gasteiger partial charge < -0.3 is 4.74 Å². The Labute approximate surface area is 123 Å². The third kappa shape index (κ3) is 2.40. The number of aromatic nitrogens is 2. The van der Waals surface area contributed by atoms with E-state index in [4.69, 9.17) is 4.74 Å². The molecular weight excluding hydrogens is 264 g/mol. The number of rotatable bonds is 4. The molecule has 0 aliphatic rings. The Hall–Kier alpha value is -2.62. The largest absolute Gasteiger partial charge is 0.497 e. The fraction of sp³-hybridized carbons (Fsp3) is 0.176. The van der Waals surface area contributed by atoms with Crippen molar-refractivity contribution in [2.45, 2.75) is 13.0 Å². The van der Waals surface area contributed by atoms with Gasteiger partial charge in [0.25, 0.3) is 0 Å². The molecule has 0 saturated heterocycles. The summed E-state index contributed by atoms with van der Waals surface area (Å²) in [5.74, 6) is 0.773. The van der Waals surface area contributed by atoms with E-state index in [1.165, 1.54) is 0 Å². The molecule has 106 valence electrons. The van der Waals surface area contributed by atoms with Crippen molar-refractivity contribution in [2.75, 3.05) is 7.11 Å². The highest BCUT2D eigenvalue weighted by molar-refractivity contribution is 5.99. The van der Waals surface area contributed by atoms with Crippen LogP contribution in [0.25, 0.3) is 10.9 Å². The Morgan fingerprint density at radius 1 is 1.14 bits per heavy atom. The number of methoxy groups -OCH3 is 1. The van der Waals surface area contributed by atoms with Gasteiger partial charge in [0.2, 0.25) is 0 Å². The summed E-state index contributed by atoms with van der Waals surface area (Å²) in [7, 11) is 1.61. The van der Waals surface area contributed by atoms with Crippen LogP contribution < -0.4 is 4.74 Å². The molecule has 4 heteroatoms. The van der Waals surface area contributed by atoms with Crippen LogP contribution in [0.5, 0.6) is 5.75 Å². The van der Waals surface area contributed by atoms with E-state index in [-0.39, 0.29) is 11.8 Å². The van der Waals surface area contributed by atoms with Gasteiger partial charge in [-0.3, -0.25) is 9.48 Å². The number of ether oxygens (including phenoxy) is 1. The Morgan fingerprint density at radius 3 is 2.57 bits per heavy atom. The molecule has 0 aliphatic heterocycles. The van der Waals surface area contributed by atoms with Crippen molar-refractivity contribution >= 4 is 16.7 Å². The monoisotopic (exact) mass is 280 g/mol. The topological polar surface area (TPSA) is 44.1 Å². The lowest BCUT2D eigenvalue weighted by Gasteiger charge is -2.13. The second-order valence-electron chi connectivity index (χ2n) is 4.92. The molecule has 0 spiro atoms. The third-order valence-electron chi connectivity index (χ3n) is 3.63. The second kappa shape index (κ2) is 5.40. The molecule has 0 radical (unpaired) electrons. The molecule has 3 aromatic rings. The molecule has 0 N–H and O–H groups in total. The van der Waals surface area contributed by atoms with Gasteiger partial charge in [0.1, 0.15) is 11.8 Å². The van der Waals surface area contributed by atoms with Gasteiger partial charge in [-0.05, 0) is 37.3 Å².